The van der Waals surface area contributed by atoms with E-state index in [2.05, 4.69) is 36.3 Å². The number of hydrogen-bond acceptors (Lipinski definition) is 7. The lowest BCUT2D eigenvalue weighted by atomic mass is 9.84. The third-order valence-corrected chi connectivity index (χ3v) is 8.34. The van der Waals surface area contributed by atoms with Crippen molar-refractivity contribution < 1.29 is 32.6 Å². The highest BCUT2D eigenvalue weighted by Gasteiger charge is 2.33. The number of amides is 3. The zero-order chi connectivity index (χ0) is 30.4. The van der Waals surface area contributed by atoms with Crippen molar-refractivity contribution in [3.8, 4) is 5.75 Å². The second-order valence-corrected chi connectivity index (χ2v) is 13.5. The summed E-state index contributed by atoms with van der Waals surface area (Å²) in [7, 11) is 0. The van der Waals surface area contributed by atoms with Gasteiger partial charge in [0.15, 0.2) is 5.75 Å². The maximum atomic E-state index is 13.9. The van der Waals surface area contributed by atoms with Gasteiger partial charge < -0.3 is 25.0 Å². The van der Waals surface area contributed by atoms with Crippen molar-refractivity contribution in [2.45, 2.75) is 52.7 Å². The Bertz CT molecular complexity index is 1270. The first-order valence-electron chi connectivity index (χ1n) is 13.9. The van der Waals surface area contributed by atoms with E-state index in [1.807, 2.05) is 0 Å². The van der Waals surface area contributed by atoms with Crippen molar-refractivity contribution in [2.75, 3.05) is 49.6 Å². The number of thiophene rings is 1. The molecule has 2 aromatic rings. The van der Waals surface area contributed by atoms with Gasteiger partial charge in [0.2, 0.25) is 5.91 Å². The number of carbonyl (C=O) groups is 3. The van der Waals surface area contributed by atoms with Crippen molar-refractivity contribution in [1.82, 2.24) is 10.2 Å². The summed E-state index contributed by atoms with van der Waals surface area (Å²) >= 11 is 7.15. The van der Waals surface area contributed by atoms with Crippen molar-refractivity contribution in [3.63, 3.8) is 0 Å². The molecule has 4 rings (SSSR count). The van der Waals surface area contributed by atoms with Crippen LogP contribution in [0.3, 0.4) is 0 Å². The molecule has 9 nitrogen and oxygen atoms in total. The number of morpholine rings is 1. The van der Waals surface area contributed by atoms with Crippen LogP contribution in [0.25, 0.3) is 0 Å². The minimum absolute atomic E-state index is 0.0315. The Hall–Kier alpha value is -2.80. The van der Waals surface area contributed by atoms with E-state index in [4.69, 9.17) is 21.1 Å². The molecular weight excluding hydrogens is 590 g/mol. The van der Waals surface area contributed by atoms with Crippen LogP contribution in [0.2, 0.25) is 4.34 Å². The first-order chi connectivity index (χ1) is 19.9. The van der Waals surface area contributed by atoms with E-state index in [-0.39, 0.29) is 60.7 Å². The van der Waals surface area contributed by atoms with E-state index in [0.29, 0.717) is 28.2 Å². The maximum Gasteiger partial charge on any atom is 0.387 e. The molecule has 0 bridgehead atoms. The average Bonchev–Trinajstić information content (AvgIpc) is 3.32. The van der Waals surface area contributed by atoms with Gasteiger partial charge >= 0.3 is 6.61 Å². The molecule has 42 heavy (non-hydrogen) atoms. The molecule has 0 spiro atoms. The molecule has 0 radical (unpaired) electrons. The summed E-state index contributed by atoms with van der Waals surface area (Å²) in [6.07, 6.45) is 3.29. The Morgan fingerprint density at radius 2 is 2.00 bits per heavy atom. The van der Waals surface area contributed by atoms with Crippen molar-refractivity contribution in [2.24, 2.45) is 11.3 Å². The van der Waals surface area contributed by atoms with Gasteiger partial charge in [0.1, 0.15) is 12.6 Å². The van der Waals surface area contributed by atoms with E-state index in [0.717, 1.165) is 30.6 Å². The van der Waals surface area contributed by atoms with E-state index in [1.165, 1.54) is 23.1 Å². The van der Waals surface area contributed by atoms with Crippen LogP contribution in [0, 0.1) is 11.3 Å². The number of ether oxygens (including phenoxy) is 2. The summed E-state index contributed by atoms with van der Waals surface area (Å²) in [6.45, 7) is 4.72. The minimum Gasteiger partial charge on any atom is -0.433 e. The van der Waals surface area contributed by atoms with Crippen molar-refractivity contribution in [1.29, 1.82) is 0 Å². The monoisotopic (exact) mass is 626 g/mol. The van der Waals surface area contributed by atoms with Gasteiger partial charge in [-0.2, -0.15) is 8.78 Å². The van der Waals surface area contributed by atoms with Crippen LogP contribution in [-0.4, -0.2) is 74.7 Å². The minimum atomic E-state index is -3.13. The molecule has 3 amide bonds. The quantitative estimate of drug-likeness (QED) is 0.334. The second kappa shape index (κ2) is 14.1. The summed E-state index contributed by atoms with van der Waals surface area (Å²) in [5.74, 6) is -0.907. The third kappa shape index (κ3) is 8.85. The molecule has 1 aromatic heterocycles. The Morgan fingerprint density at radius 3 is 2.60 bits per heavy atom. The molecule has 1 aromatic carbocycles. The predicted molar refractivity (Wildman–Crippen MR) is 159 cm³/mol. The number of nitrogens with one attached hydrogen (secondary N) is 2. The fourth-order valence-corrected chi connectivity index (χ4v) is 5.98. The van der Waals surface area contributed by atoms with Crippen molar-refractivity contribution >= 4 is 52.0 Å². The molecule has 1 saturated carbocycles. The van der Waals surface area contributed by atoms with Crippen LogP contribution in [0.5, 0.6) is 5.75 Å². The van der Waals surface area contributed by atoms with Crippen LogP contribution >= 0.6 is 22.9 Å². The zero-order valence-electron chi connectivity index (χ0n) is 24.0. The normalized spacial score (nSPS) is 16.9. The fourth-order valence-electron chi connectivity index (χ4n) is 5.02. The van der Waals surface area contributed by atoms with E-state index in [9.17, 15) is 23.2 Å². The van der Waals surface area contributed by atoms with E-state index in [1.54, 1.807) is 12.1 Å². The Kier molecular flexibility index (Phi) is 10.8. The number of alkyl halides is 2. The molecule has 0 unspecified atom stereocenters. The van der Waals surface area contributed by atoms with Crippen LogP contribution in [0.1, 0.15) is 49.7 Å². The summed E-state index contributed by atoms with van der Waals surface area (Å²) < 4.78 is 37.1. The topological polar surface area (TPSA) is 100 Å². The highest BCUT2D eigenvalue weighted by atomic mass is 35.5. The number of anilines is 2. The molecule has 2 fully saturated rings. The van der Waals surface area contributed by atoms with Gasteiger partial charge in [0.05, 0.1) is 21.5 Å². The summed E-state index contributed by atoms with van der Waals surface area (Å²) in [4.78, 5) is 42.9. The molecule has 13 heteroatoms. The first kappa shape index (κ1) is 32.1. The van der Waals surface area contributed by atoms with E-state index >= 15 is 0 Å². The van der Waals surface area contributed by atoms with E-state index < -0.39 is 18.6 Å². The lowest BCUT2D eigenvalue weighted by Gasteiger charge is -2.40. The molecule has 2 heterocycles. The van der Waals surface area contributed by atoms with Crippen LogP contribution in [0.4, 0.5) is 20.2 Å². The van der Waals surface area contributed by atoms with Crippen LogP contribution in [-0.2, 0) is 14.3 Å². The molecule has 2 aliphatic rings. The smallest absolute Gasteiger partial charge is 0.387 e. The fraction of sp³-hybridized carbons (Fsp3) is 0.552. The highest BCUT2D eigenvalue weighted by molar-refractivity contribution is 7.18. The van der Waals surface area contributed by atoms with Gasteiger partial charge in [0, 0.05) is 37.9 Å². The first-order valence-corrected chi connectivity index (χ1v) is 15.1. The second-order valence-electron chi connectivity index (χ2n) is 11.8. The average molecular weight is 627 g/mol. The molecular formula is C29H37ClF2N4O5S. The third-order valence-electron chi connectivity index (χ3n) is 7.11. The molecule has 2 N–H and O–H groups in total. The largest absolute Gasteiger partial charge is 0.433 e. The molecule has 230 valence electrons. The van der Waals surface area contributed by atoms with Gasteiger partial charge in [-0.1, -0.05) is 38.8 Å². The summed E-state index contributed by atoms with van der Waals surface area (Å²) in [5.41, 5.74) is 0.248. The Labute approximate surface area is 253 Å². The number of halogens is 3. The molecule has 1 aliphatic carbocycles. The number of carbonyl (C=O) groups excluding carboxylic acids is 3. The lowest BCUT2D eigenvalue weighted by Crippen LogP contribution is -2.54. The van der Waals surface area contributed by atoms with Gasteiger partial charge in [-0.05, 0) is 48.4 Å². The Morgan fingerprint density at radius 1 is 1.24 bits per heavy atom. The van der Waals surface area contributed by atoms with Gasteiger partial charge in [-0.25, -0.2) is 0 Å². The van der Waals surface area contributed by atoms with Gasteiger partial charge in [-0.15, -0.1) is 11.3 Å². The number of hydrogen-bond donors (Lipinski definition) is 2. The molecule has 1 saturated heterocycles. The number of benzene rings is 1. The SMILES string of the molecule is CC(C)(C)CN(CC1CCC1)[C@@H](CNC(=O)c1ccc(Cl)s1)C(=O)Nc1ccc(N2CCOCC2=O)c(OC(F)F)c1. The number of nitrogens with zero attached hydrogens (tertiary/aromatic N) is 2. The number of rotatable bonds is 12. The van der Waals surface area contributed by atoms with Gasteiger partial charge in [0.25, 0.3) is 11.8 Å². The molecule has 1 aliphatic heterocycles. The summed E-state index contributed by atoms with van der Waals surface area (Å²) in [5, 5.41) is 5.72. The lowest BCUT2D eigenvalue weighted by molar-refractivity contribution is -0.126. The van der Waals surface area contributed by atoms with Crippen molar-refractivity contribution in [3.05, 3.63) is 39.5 Å². The summed E-state index contributed by atoms with van der Waals surface area (Å²) in [6, 6.07) is 6.81. The predicted octanol–water partition coefficient (Wildman–Crippen LogP) is 5.25. The zero-order valence-corrected chi connectivity index (χ0v) is 25.5. The molecule has 1 atom stereocenters. The highest BCUT2D eigenvalue weighted by Crippen LogP contribution is 2.34. The van der Waals surface area contributed by atoms with Crippen LogP contribution < -0.4 is 20.3 Å². The van der Waals surface area contributed by atoms with Gasteiger partial charge in [-0.3, -0.25) is 19.3 Å². The Balaban J connectivity index is 1.58. The standard InChI is InChI=1S/C29H37ClF2N4O5S/c1-29(2,3)17-35(15-18-5-4-6-18)21(14-33-27(39)23-9-10-24(30)42-23)26(38)34-19-7-8-20(22(13-19)41-28(31)32)36-11-12-40-16-25(36)37/h7-10,13,18,21,28H,4-6,11-12,14-17H2,1-3H3,(H,33,39)(H,34,38)/t21-/m0/s1. The maximum absolute atomic E-state index is 13.9. The van der Waals surface area contributed by atoms with Crippen LogP contribution in [0.15, 0.2) is 30.3 Å².